The second kappa shape index (κ2) is 59.6. The summed E-state index contributed by atoms with van der Waals surface area (Å²) in [6, 6.07) is 0. The summed E-state index contributed by atoms with van der Waals surface area (Å²) >= 11 is 0. The Morgan fingerprint density at radius 3 is 0.929 bits per heavy atom. The molecule has 0 amide bonds. The number of hydrogen-bond acceptors (Lipinski definition) is 5. The third-order valence-electron chi connectivity index (χ3n) is 12.2. The molecule has 1 atom stereocenters. The maximum atomic E-state index is 12.3. The number of carbonyl (C=O) groups excluding carboxylic acids is 2. The topological polar surface area (TPSA) is 72.8 Å². The quantitative estimate of drug-likeness (QED) is 0.0374. The van der Waals surface area contributed by atoms with Crippen LogP contribution in [-0.2, 0) is 19.1 Å². The Hall–Kier alpha value is -3.70. The Bertz CT molecular complexity index is 1420. The minimum absolute atomic E-state index is 0.0779. The molecule has 70 heavy (non-hydrogen) atoms. The molecule has 0 fully saturated rings. The first-order valence-corrected chi connectivity index (χ1v) is 29.1. The average molecular weight is 970 g/mol. The molecular formula is C65H108O5. The molecular weight excluding hydrogens is 861 g/mol. The van der Waals surface area contributed by atoms with Crippen LogP contribution in [0.3, 0.4) is 0 Å². The van der Waals surface area contributed by atoms with E-state index in [1.165, 1.54) is 128 Å². The highest BCUT2D eigenvalue weighted by Crippen LogP contribution is 2.15. The average Bonchev–Trinajstić information content (AvgIpc) is 3.36. The van der Waals surface area contributed by atoms with Gasteiger partial charge in [-0.2, -0.15) is 0 Å². The standard InChI is InChI=1S/C65H108O5/c1-3-5-7-9-11-13-15-17-19-21-23-25-27-29-31-32-34-36-38-40-42-44-46-48-50-52-54-56-58-60-65(68)70-63(61-66)62-69-64(67)59-57-55-53-51-49-47-45-43-41-39-37-35-33-30-28-26-24-22-20-18-16-14-12-10-8-6-4-2/h5,7,11,13,16-19,22-25,28-31,34,36,40,42,63,66H,3-4,6,8-10,12,14-15,20-21,26-27,32-33,35,37-39,41,43-62H2,1-2H3/b7-5-,13-11-,18-16-,19-17-,24-22-,25-23-,30-28-,31-29-,36-34-,42-40-. The number of aliphatic hydroxyl groups is 1. The van der Waals surface area contributed by atoms with Gasteiger partial charge in [-0.3, -0.25) is 9.59 Å². The van der Waals surface area contributed by atoms with Crippen LogP contribution in [0.1, 0.15) is 258 Å². The van der Waals surface area contributed by atoms with Gasteiger partial charge in [0.05, 0.1) is 6.61 Å². The van der Waals surface area contributed by atoms with E-state index in [9.17, 15) is 14.7 Å². The van der Waals surface area contributed by atoms with Crippen molar-refractivity contribution in [2.45, 2.75) is 264 Å². The van der Waals surface area contributed by atoms with E-state index in [1.54, 1.807) is 0 Å². The first-order valence-electron chi connectivity index (χ1n) is 29.1. The van der Waals surface area contributed by atoms with Gasteiger partial charge in [-0.1, -0.05) is 257 Å². The number of ether oxygens (including phenoxy) is 2. The smallest absolute Gasteiger partial charge is 0.306 e. The molecule has 0 aromatic rings. The van der Waals surface area contributed by atoms with Gasteiger partial charge in [-0.15, -0.1) is 0 Å². The third kappa shape index (κ3) is 56.9. The zero-order chi connectivity index (χ0) is 50.6. The summed E-state index contributed by atoms with van der Waals surface area (Å²) in [6.45, 7) is 4.01. The number of unbranched alkanes of at least 4 members (excludes halogenated alkanes) is 24. The fraction of sp³-hybridized carbons (Fsp3) is 0.662. The highest BCUT2D eigenvalue weighted by molar-refractivity contribution is 5.70. The van der Waals surface area contributed by atoms with Crippen LogP contribution in [0.2, 0.25) is 0 Å². The van der Waals surface area contributed by atoms with Crippen molar-refractivity contribution in [3.8, 4) is 0 Å². The van der Waals surface area contributed by atoms with Gasteiger partial charge in [-0.25, -0.2) is 0 Å². The summed E-state index contributed by atoms with van der Waals surface area (Å²) in [6.07, 6.45) is 87.3. The van der Waals surface area contributed by atoms with E-state index in [-0.39, 0.29) is 25.2 Å². The second-order valence-corrected chi connectivity index (χ2v) is 19.0. The van der Waals surface area contributed by atoms with E-state index in [2.05, 4.69) is 135 Å². The summed E-state index contributed by atoms with van der Waals surface area (Å²) in [4.78, 5) is 24.6. The van der Waals surface area contributed by atoms with Crippen molar-refractivity contribution in [3.63, 3.8) is 0 Å². The Kier molecular flexibility index (Phi) is 56.5. The molecule has 0 radical (unpaired) electrons. The minimum atomic E-state index is -0.789. The Labute approximate surface area is 433 Å². The number of rotatable bonds is 52. The van der Waals surface area contributed by atoms with Crippen LogP contribution in [0.4, 0.5) is 0 Å². The summed E-state index contributed by atoms with van der Waals surface area (Å²) in [5, 5.41) is 9.66. The highest BCUT2D eigenvalue weighted by Gasteiger charge is 2.16. The Morgan fingerprint density at radius 2 is 0.614 bits per heavy atom. The maximum Gasteiger partial charge on any atom is 0.306 e. The molecule has 0 bridgehead atoms. The van der Waals surface area contributed by atoms with Crippen molar-refractivity contribution in [1.82, 2.24) is 0 Å². The van der Waals surface area contributed by atoms with E-state index >= 15 is 0 Å². The van der Waals surface area contributed by atoms with Gasteiger partial charge in [-0.05, 0) is 109 Å². The summed E-state index contributed by atoms with van der Waals surface area (Å²) in [5.74, 6) is -0.608. The lowest BCUT2D eigenvalue weighted by Crippen LogP contribution is -2.28. The van der Waals surface area contributed by atoms with Gasteiger partial charge in [0.2, 0.25) is 0 Å². The van der Waals surface area contributed by atoms with Crippen molar-refractivity contribution in [2.75, 3.05) is 13.2 Å². The lowest BCUT2D eigenvalue weighted by atomic mass is 10.0. The van der Waals surface area contributed by atoms with Crippen LogP contribution in [0.15, 0.2) is 122 Å². The predicted octanol–water partition coefficient (Wildman–Crippen LogP) is 19.9. The summed E-state index contributed by atoms with van der Waals surface area (Å²) in [5.41, 5.74) is 0. The number of esters is 2. The van der Waals surface area contributed by atoms with Gasteiger partial charge in [0.25, 0.3) is 0 Å². The van der Waals surface area contributed by atoms with E-state index in [0.29, 0.717) is 12.8 Å². The zero-order valence-electron chi connectivity index (χ0n) is 45.5. The van der Waals surface area contributed by atoms with Crippen molar-refractivity contribution in [2.24, 2.45) is 0 Å². The number of carbonyl (C=O) groups is 2. The van der Waals surface area contributed by atoms with Crippen LogP contribution in [0.5, 0.6) is 0 Å². The van der Waals surface area contributed by atoms with E-state index in [1.807, 2.05) is 0 Å². The largest absolute Gasteiger partial charge is 0.462 e. The van der Waals surface area contributed by atoms with Gasteiger partial charge in [0.15, 0.2) is 6.10 Å². The molecule has 0 spiro atoms. The molecule has 0 rings (SSSR count). The van der Waals surface area contributed by atoms with Crippen LogP contribution < -0.4 is 0 Å². The van der Waals surface area contributed by atoms with Gasteiger partial charge < -0.3 is 14.6 Å². The molecule has 5 nitrogen and oxygen atoms in total. The number of allylic oxidation sites excluding steroid dienone is 20. The Balaban J connectivity index is 3.57. The van der Waals surface area contributed by atoms with E-state index in [4.69, 9.17) is 9.47 Å². The second-order valence-electron chi connectivity index (χ2n) is 19.0. The minimum Gasteiger partial charge on any atom is -0.462 e. The highest BCUT2D eigenvalue weighted by atomic mass is 16.6. The number of hydrogen-bond donors (Lipinski definition) is 1. The first kappa shape index (κ1) is 66.3. The lowest BCUT2D eigenvalue weighted by molar-refractivity contribution is -0.161. The maximum absolute atomic E-state index is 12.3. The van der Waals surface area contributed by atoms with Crippen LogP contribution in [0.25, 0.3) is 0 Å². The van der Waals surface area contributed by atoms with Crippen molar-refractivity contribution in [1.29, 1.82) is 0 Å². The zero-order valence-corrected chi connectivity index (χ0v) is 45.5. The molecule has 0 aromatic heterocycles. The molecule has 1 unspecified atom stereocenters. The molecule has 398 valence electrons. The lowest BCUT2D eigenvalue weighted by Gasteiger charge is -2.15. The predicted molar refractivity (Wildman–Crippen MR) is 306 cm³/mol. The molecule has 0 saturated heterocycles. The normalized spacial score (nSPS) is 13.1. The molecule has 0 aliphatic rings. The van der Waals surface area contributed by atoms with Crippen molar-refractivity contribution < 1.29 is 24.2 Å². The van der Waals surface area contributed by atoms with Gasteiger partial charge in [0, 0.05) is 12.8 Å². The molecule has 5 heteroatoms. The van der Waals surface area contributed by atoms with Crippen LogP contribution in [-0.4, -0.2) is 36.4 Å². The van der Waals surface area contributed by atoms with Crippen LogP contribution in [0, 0.1) is 0 Å². The van der Waals surface area contributed by atoms with E-state index in [0.717, 1.165) is 103 Å². The van der Waals surface area contributed by atoms with E-state index < -0.39 is 6.10 Å². The molecule has 0 heterocycles. The molecule has 0 saturated carbocycles. The molecule has 1 N–H and O–H groups in total. The van der Waals surface area contributed by atoms with Gasteiger partial charge >= 0.3 is 11.9 Å². The van der Waals surface area contributed by atoms with Crippen LogP contribution >= 0.6 is 0 Å². The molecule has 0 aliphatic heterocycles. The number of aliphatic hydroxyl groups excluding tert-OH is 1. The van der Waals surface area contributed by atoms with Gasteiger partial charge in [0.1, 0.15) is 6.61 Å². The fourth-order valence-corrected chi connectivity index (χ4v) is 7.90. The first-order chi connectivity index (χ1) is 34.6. The summed E-state index contributed by atoms with van der Waals surface area (Å²) in [7, 11) is 0. The monoisotopic (exact) mass is 969 g/mol. The third-order valence-corrected chi connectivity index (χ3v) is 12.2. The fourth-order valence-electron chi connectivity index (χ4n) is 7.90. The Morgan fingerprint density at radius 1 is 0.343 bits per heavy atom. The molecule has 0 aromatic carbocycles. The summed E-state index contributed by atoms with van der Waals surface area (Å²) < 4.78 is 10.7. The van der Waals surface area contributed by atoms with Crippen molar-refractivity contribution in [3.05, 3.63) is 122 Å². The molecule has 0 aliphatic carbocycles. The van der Waals surface area contributed by atoms with Crippen molar-refractivity contribution >= 4 is 11.9 Å². The SMILES string of the molecule is CC/C=C\C/C=C\C/C=C\C/C=C\C/C=C\C/C=C\C/C=C\CCCCCCCCCC(=O)OC(CO)COC(=O)CCCCCCCCCCCCCC/C=C\C/C=C\C/C=C\CCCCCCC.